The van der Waals surface area contributed by atoms with Crippen LogP contribution >= 0.6 is 0 Å². The topological polar surface area (TPSA) is 85.8 Å². The molecule has 0 radical (unpaired) electrons. The summed E-state index contributed by atoms with van der Waals surface area (Å²) in [5, 5.41) is 22.0. The minimum Gasteiger partial charge on any atom is -0.316 e. The van der Waals surface area contributed by atoms with Crippen molar-refractivity contribution < 1.29 is 0 Å². The summed E-state index contributed by atoms with van der Waals surface area (Å²) >= 11 is 0. The van der Waals surface area contributed by atoms with Crippen molar-refractivity contribution in [3.63, 3.8) is 0 Å². The summed E-state index contributed by atoms with van der Waals surface area (Å²) in [5.41, 5.74) is 5.83. The molecule has 0 saturated carbocycles. The third kappa shape index (κ3) is 3.44. The molecule has 31 heavy (non-hydrogen) atoms. The maximum absolute atomic E-state index is 4.86. The lowest BCUT2D eigenvalue weighted by Gasteiger charge is -2.26. The summed E-state index contributed by atoms with van der Waals surface area (Å²) in [6.45, 7) is 5.07. The lowest BCUT2D eigenvalue weighted by atomic mass is 10.0. The Labute approximate surface area is 179 Å². The number of rotatable bonds is 5. The predicted octanol–water partition coefficient (Wildman–Crippen LogP) is 2.65. The normalized spacial score (nSPS) is 14.4. The molecule has 8 nitrogen and oxygen atoms in total. The van der Waals surface area contributed by atoms with Crippen LogP contribution in [-0.2, 0) is 13.0 Å². The molecule has 1 saturated heterocycles. The van der Waals surface area contributed by atoms with Crippen LogP contribution in [0.15, 0.2) is 54.9 Å². The number of pyridine rings is 1. The van der Waals surface area contributed by atoms with Gasteiger partial charge in [0.05, 0.1) is 23.1 Å². The molecule has 8 heteroatoms. The second kappa shape index (κ2) is 7.24. The molecule has 4 aromatic heterocycles. The molecule has 0 atom stereocenters. The van der Waals surface area contributed by atoms with Gasteiger partial charge in [0.25, 0.3) is 0 Å². The van der Waals surface area contributed by atoms with Crippen molar-refractivity contribution in [3.05, 3.63) is 71.9 Å². The van der Waals surface area contributed by atoms with E-state index in [1.807, 2.05) is 34.5 Å². The van der Waals surface area contributed by atoms with Crippen molar-refractivity contribution in [3.8, 4) is 11.3 Å². The highest BCUT2D eigenvalue weighted by atomic mass is 15.4. The highest BCUT2D eigenvalue weighted by molar-refractivity contribution is 5.82. The molecule has 1 fully saturated rings. The highest BCUT2D eigenvalue weighted by Crippen LogP contribution is 2.23. The molecular formula is C23H22N8. The Kier molecular flexibility index (Phi) is 4.24. The van der Waals surface area contributed by atoms with Crippen LogP contribution < -0.4 is 5.32 Å². The lowest BCUT2D eigenvalue weighted by Crippen LogP contribution is -2.44. The summed E-state index contributed by atoms with van der Waals surface area (Å²) in [5.74, 6) is 1.51. The number of aromatic nitrogens is 7. The molecule has 6 rings (SSSR count). The summed E-state index contributed by atoms with van der Waals surface area (Å²) in [6.07, 6.45) is 4.66. The average molecular weight is 410 g/mol. The van der Waals surface area contributed by atoms with Crippen LogP contribution in [0.3, 0.4) is 0 Å². The van der Waals surface area contributed by atoms with E-state index >= 15 is 0 Å². The molecule has 0 amide bonds. The fraction of sp³-hybridized carbons (Fsp3) is 0.261. The van der Waals surface area contributed by atoms with Gasteiger partial charge in [0.15, 0.2) is 11.5 Å². The van der Waals surface area contributed by atoms with Crippen LogP contribution in [0.5, 0.6) is 0 Å². The first-order chi connectivity index (χ1) is 15.2. The van der Waals surface area contributed by atoms with Crippen LogP contribution in [0.1, 0.15) is 17.1 Å². The van der Waals surface area contributed by atoms with Gasteiger partial charge in [-0.3, -0.25) is 4.68 Å². The molecule has 1 aliphatic heterocycles. The van der Waals surface area contributed by atoms with E-state index in [-0.39, 0.29) is 0 Å². The van der Waals surface area contributed by atoms with Gasteiger partial charge >= 0.3 is 0 Å². The molecule has 5 aromatic rings. The van der Waals surface area contributed by atoms with Crippen LogP contribution in [0, 0.1) is 12.8 Å². The molecule has 5 heterocycles. The molecule has 1 aliphatic rings. The Hall–Kier alpha value is -3.65. The van der Waals surface area contributed by atoms with E-state index in [0.717, 1.165) is 64.5 Å². The van der Waals surface area contributed by atoms with Crippen molar-refractivity contribution in [1.82, 2.24) is 39.9 Å². The zero-order valence-electron chi connectivity index (χ0n) is 17.2. The third-order valence-corrected chi connectivity index (χ3v) is 5.82. The van der Waals surface area contributed by atoms with E-state index in [9.17, 15) is 0 Å². The fourth-order valence-corrected chi connectivity index (χ4v) is 4.00. The standard InChI is InChI=1S/C23H22N8/c1-15-2-7-22-27-28-23(31(22)29-15)9-16-3-5-20-18(8-16)4-6-21(26-20)19-12-25-30(14-19)13-17-10-24-11-17/h2-8,12,14,17,24H,9-11,13H2,1H3. The molecule has 0 aliphatic carbocycles. The van der Waals surface area contributed by atoms with Crippen LogP contribution in [-0.4, -0.2) is 47.7 Å². The van der Waals surface area contributed by atoms with E-state index in [0.29, 0.717) is 12.3 Å². The maximum Gasteiger partial charge on any atom is 0.177 e. The van der Waals surface area contributed by atoms with Crippen molar-refractivity contribution in [2.45, 2.75) is 19.9 Å². The van der Waals surface area contributed by atoms with Crippen molar-refractivity contribution in [2.75, 3.05) is 13.1 Å². The summed E-state index contributed by atoms with van der Waals surface area (Å²) in [6, 6.07) is 14.4. The largest absolute Gasteiger partial charge is 0.316 e. The van der Waals surface area contributed by atoms with Gasteiger partial charge in [-0.25, -0.2) is 4.98 Å². The number of hydrogen-bond acceptors (Lipinski definition) is 6. The van der Waals surface area contributed by atoms with Crippen LogP contribution in [0.25, 0.3) is 27.8 Å². The Morgan fingerprint density at radius 1 is 1.06 bits per heavy atom. The van der Waals surface area contributed by atoms with Crippen molar-refractivity contribution >= 4 is 16.6 Å². The summed E-state index contributed by atoms with van der Waals surface area (Å²) in [4.78, 5) is 4.86. The second-order valence-corrected chi connectivity index (χ2v) is 8.24. The van der Waals surface area contributed by atoms with Gasteiger partial charge in [0.2, 0.25) is 0 Å². The molecule has 154 valence electrons. The van der Waals surface area contributed by atoms with Gasteiger partial charge in [-0.05, 0) is 42.8 Å². The van der Waals surface area contributed by atoms with Gasteiger partial charge in [0, 0.05) is 49.1 Å². The third-order valence-electron chi connectivity index (χ3n) is 5.82. The smallest absolute Gasteiger partial charge is 0.177 e. The highest BCUT2D eigenvalue weighted by Gasteiger charge is 2.17. The minimum atomic E-state index is 0.665. The van der Waals surface area contributed by atoms with Crippen molar-refractivity contribution in [2.24, 2.45) is 5.92 Å². The Morgan fingerprint density at radius 2 is 2.00 bits per heavy atom. The fourth-order valence-electron chi connectivity index (χ4n) is 4.00. The minimum absolute atomic E-state index is 0.665. The van der Waals surface area contributed by atoms with E-state index in [1.54, 1.807) is 0 Å². The van der Waals surface area contributed by atoms with E-state index in [4.69, 9.17) is 4.98 Å². The number of fused-ring (bicyclic) bond motifs is 2. The zero-order chi connectivity index (χ0) is 20.8. The van der Waals surface area contributed by atoms with Gasteiger partial charge in [-0.15, -0.1) is 10.2 Å². The quantitative estimate of drug-likeness (QED) is 0.479. The lowest BCUT2D eigenvalue weighted by molar-refractivity contribution is 0.295. The predicted molar refractivity (Wildman–Crippen MR) is 118 cm³/mol. The Bertz CT molecular complexity index is 1400. The molecule has 1 aromatic carbocycles. The monoisotopic (exact) mass is 410 g/mol. The van der Waals surface area contributed by atoms with Gasteiger partial charge in [-0.2, -0.15) is 14.7 Å². The average Bonchev–Trinajstić information content (AvgIpc) is 3.38. The van der Waals surface area contributed by atoms with E-state index in [2.05, 4.69) is 62.2 Å². The summed E-state index contributed by atoms with van der Waals surface area (Å²) < 4.78 is 3.84. The van der Waals surface area contributed by atoms with E-state index in [1.165, 1.54) is 0 Å². The Balaban J connectivity index is 1.26. The van der Waals surface area contributed by atoms with Gasteiger partial charge in [0.1, 0.15) is 0 Å². The molecular weight excluding hydrogens is 388 g/mol. The van der Waals surface area contributed by atoms with Crippen LogP contribution in [0.4, 0.5) is 0 Å². The first-order valence-electron chi connectivity index (χ1n) is 10.5. The molecule has 1 N–H and O–H groups in total. The number of hydrogen-bond donors (Lipinski definition) is 1. The molecule has 0 bridgehead atoms. The first-order valence-corrected chi connectivity index (χ1v) is 10.5. The zero-order valence-corrected chi connectivity index (χ0v) is 17.2. The SMILES string of the molecule is Cc1ccc2nnc(Cc3ccc4nc(-c5cnn(CC6CNC6)c5)ccc4c3)n2n1. The van der Waals surface area contributed by atoms with Gasteiger partial charge in [-0.1, -0.05) is 12.1 Å². The van der Waals surface area contributed by atoms with Crippen molar-refractivity contribution in [1.29, 1.82) is 0 Å². The summed E-state index contributed by atoms with van der Waals surface area (Å²) in [7, 11) is 0. The Morgan fingerprint density at radius 3 is 2.87 bits per heavy atom. The number of nitrogens with one attached hydrogen (secondary N) is 1. The molecule has 0 unspecified atom stereocenters. The van der Waals surface area contributed by atoms with Gasteiger partial charge < -0.3 is 5.32 Å². The molecule has 0 spiro atoms. The second-order valence-electron chi connectivity index (χ2n) is 8.24. The number of aryl methyl sites for hydroxylation is 1. The number of nitrogens with zero attached hydrogens (tertiary/aromatic N) is 7. The first kappa shape index (κ1) is 18.1. The van der Waals surface area contributed by atoms with E-state index < -0.39 is 0 Å². The number of benzene rings is 1. The van der Waals surface area contributed by atoms with Crippen LogP contribution in [0.2, 0.25) is 0 Å². The maximum atomic E-state index is 4.86.